The summed E-state index contributed by atoms with van der Waals surface area (Å²) in [5.41, 5.74) is 0.444. The van der Waals surface area contributed by atoms with E-state index in [1.165, 1.54) is 19.1 Å². The molecule has 1 aromatic carbocycles. The van der Waals surface area contributed by atoms with Crippen molar-refractivity contribution < 1.29 is 23.8 Å². The van der Waals surface area contributed by atoms with Gasteiger partial charge in [-0.15, -0.1) is 0 Å². The summed E-state index contributed by atoms with van der Waals surface area (Å²) in [4.78, 5) is 30.2. The molecule has 2 amide bonds. The topological polar surface area (TPSA) is 90.0 Å². The van der Waals surface area contributed by atoms with E-state index >= 15 is 0 Å². The molecule has 0 fully saturated rings. The maximum absolute atomic E-state index is 12.5. The molecule has 2 aromatic rings. The van der Waals surface area contributed by atoms with E-state index in [1.54, 1.807) is 30.3 Å². The number of amides is 2. The van der Waals surface area contributed by atoms with Crippen LogP contribution in [0.3, 0.4) is 0 Å². The fourth-order valence-electron chi connectivity index (χ4n) is 2.46. The number of halogens is 1. The number of anilines is 2. The highest BCUT2D eigenvalue weighted by atomic mass is 79.9. The minimum absolute atomic E-state index is 0.147. The number of hydrogen-bond donors (Lipinski definition) is 1. The first kappa shape index (κ1) is 18.0. The van der Waals surface area contributed by atoms with E-state index in [2.05, 4.69) is 26.2 Å². The van der Waals surface area contributed by atoms with Crippen LogP contribution in [0.5, 0.6) is 17.2 Å². The van der Waals surface area contributed by atoms with Gasteiger partial charge < -0.3 is 19.5 Å². The Morgan fingerprint density at radius 2 is 2.12 bits per heavy atom. The second kappa shape index (κ2) is 7.61. The van der Waals surface area contributed by atoms with Crippen molar-refractivity contribution in [2.75, 3.05) is 37.6 Å². The van der Waals surface area contributed by atoms with Crippen LogP contribution in [-0.4, -0.2) is 44.2 Å². The molecule has 26 heavy (non-hydrogen) atoms. The molecule has 0 saturated heterocycles. The summed E-state index contributed by atoms with van der Waals surface area (Å²) in [5.74, 6) is 1.03. The van der Waals surface area contributed by atoms with Gasteiger partial charge in [-0.3, -0.25) is 14.5 Å². The maximum Gasteiger partial charge on any atom is 0.266 e. The Morgan fingerprint density at radius 1 is 1.31 bits per heavy atom. The van der Waals surface area contributed by atoms with Crippen molar-refractivity contribution in [3.63, 3.8) is 0 Å². The van der Waals surface area contributed by atoms with Gasteiger partial charge in [0.25, 0.3) is 5.91 Å². The van der Waals surface area contributed by atoms with Crippen LogP contribution in [0.15, 0.2) is 34.9 Å². The highest BCUT2D eigenvalue weighted by Crippen LogP contribution is 2.32. The molecule has 136 valence electrons. The third kappa shape index (κ3) is 3.72. The van der Waals surface area contributed by atoms with Crippen LogP contribution in [0.4, 0.5) is 11.5 Å². The summed E-state index contributed by atoms with van der Waals surface area (Å²) in [7, 11) is 3.03. The lowest BCUT2D eigenvalue weighted by Gasteiger charge is -2.27. The number of methoxy groups -OCH3 is 2. The molecular formula is C17H16BrN3O5. The van der Waals surface area contributed by atoms with Gasteiger partial charge in [0.05, 0.1) is 19.9 Å². The van der Waals surface area contributed by atoms with E-state index in [1.807, 2.05) is 0 Å². The van der Waals surface area contributed by atoms with E-state index < -0.39 is 5.91 Å². The summed E-state index contributed by atoms with van der Waals surface area (Å²) < 4.78 is 16.3. The number of benzene rings is 1. The van der Waals surface area contributed by atoms with Crippen LogP contribution < -0.4 is 24.4 Å². The van der Waals surface area contributed by atoms with Gasteiger partial charge in [-0.1, -0.05) is 0 Å². The Kier molecular flexibility index (Phi) is 5.27. The zero-order valence-corrected chi connectivity index (χ0v) is 15.7. The highest BCUT2D eigenvalue weighted by molar-refractivity contribution is 9.10. The maximum atomic E-state index is 12.5. The van der Waals surface area contributed by atoms with Crippen molar-refractivity contribution in [2.24, 2.45) is 0 Å². The lowest BCUT2D eigenvalue weighted by atomic mass is 10.2. The summed E-state index contributed by atoms with van der Waals surface area (Å²) >= 11 is 3.26. The minimum Gasteiger partial charge on any atom is -0.497 e. The van der Waals surface area contributed by atoms with Crippen LogP contribution in [-0.2, 0) is 9.59 Å². The number of carbonyl (C=O) groups is 2. The number of nitrogens with one attached hydrogen (secondary N) is 1. The second-order valence-electron chi connectivity index (χ2n) is 5.34. The highest BCUT2D eigenvalue weighted by Gasteiger charge is 2.29. The molecule has 8 nitrogen and oxygen atoms in total. The number of rotatable bonds is 5. The number of hydrogen-bond acceptors (Lipinski definition) is 6. The monoisotopic (exact) mass is 421 g/mol. The molecule has 0 bridgehead atoms. The first-order valence-electron chi connectivity index (χ1n) is 7.63. The van der Waals surface area contributed by atoms with Gasteiger partial charge >= 0.3 is 0 Å². The number of carbonyl (C=O) groups excluding carboxylic acids is 2. The average Bonchev–Trinajstić information content (AvgIpc) is 2.64. The minimum atomic E-state index is -0.403. The fraction of sp³-hybridized carbons (Fsp3) is 0.235. The van der Waals surface area contributed by atoms with Gasteiger partial charge in [0, 0.05) is 6.07 Å². The van der Waals surface area contributed by atoms with Gasteiger partial charge in [-0.05, 0) is 40.2 Å². The first-order valence-corrected chi connectivity index (χ1v) is 8.42. The SMILES string of the molecule is COc1ccc(OC)c(NC(=O)CN2C(=O)COc3ccc(Br)nc32)c1. The Morgan fingerprint density at radius 3 is 2.85 bits per heavy atom. The molecular weight excluding hydrogens is 406 g/mol. The van der Waals surface area contributed by atoms with Gasteiger partial charge in [-0.25, -0.2) is 4.98 Å². The molecule has 0 saturated carbocycles. The van der Waals surface area contributed by atoms with E-state index in [-0.39, 0.29) is 19.1 Å². The smallest absolute Gasteiger partial charge is 0.266 e. The van der Waals surface area contributed by atoms with Crippen LogP contribution in [0.1, 0.15) is 0 Å². The summed E-state index contributed by atoms with van der Waals surface area (Å²) in [6.07, 6.45) is 0. The van der Waals surface area contributed by atoms with Gasteiger partial charge in [0.15, 0.2) is 18.2 Å². The second-order valence-corrected chi connectivity index (χ2v) is 6.15. The van der Waals surface area contributed by atoms with Crippen LogP contribution in [0, 0.1) is 0 Å². The number of fused-ring (bicyclic) bond motifs is 1. The van der Waals surface area contributed by atoms with Crippen LogP contribution in [0.25, 0.3) is 0 Å². The number of ether oxygens (including phenoxy) is 3. The lowest BCUT2D eigenvalue weighted by molar-refractivity contribution is -0.123. The number of aromatic nitrogens is 1. The average molecular weight is 422 g/mol. The fourth-order valence-corrected chi connectivity index (χ4v) is 2.76. The predicted molar refractivity (Wildman–Crippen MR) is 98.0 cm³/mol. The molecule has 2 heterocycles. The number of nitrogens with zero attached hydrogens (tertiary/aromatic N) is 2. The zero-order chi connectivity index (χ0) is 18.7. The molecule has 1 N–H and O–H groups in total. The summed E-state index contributed by atoms with van der Waals surface area (Å²) in [6, 6.07) is 8.43. The molecule has 1 aromatic heterocycles. The number of pyridine rings is 1. The van der Waals surface area contributed by atoms with Crippen molar-refractivity contribution in [1.82, 2.24) is 4.98 Å². The van der Waals surface area contributed by atoms with Crippen molar-refractivity contribution in [2.45, 2.75) is 0 Å². The normalized spacial score (nSPS) is 12.9. The van der Waals surface area contributed by atoms with Gasteiger partial charge in [0.1, 0.15) is 22.6 Å². The van der Waals surface area contributed by atoms with Crippen molar-refractivity contribution in [3.05, 3.63) is 34.9 Å². The van der Waals surface area contributed by atoms with E-state index in [0.717, 1.165) is 0 Å². The molecule has 0 spiro atoms. The lowest BCUT2D eigenvalue weighted by Crippen LogP contribution is -2.44. The first-order chi connectivity index (χ1) is 12.5. The third-order valence-electron chi connectivity index (χ3n) is 3.70. The molecule has 0 unspecified atom stereocenters. The van der Waals surface area contributed by atoms with Gasteiger partial charge in [0.2, 0.25) is 5.91 Å². The van der Waals surface area contributed by atoms with E-state index in [0.29, 0.717) is 33.4 Å². The van der Waals surface area contributed by atoms with Crippen molar-refractivity contribution in [1.29, 1.82) is 0 Å². The van der Waals surface area contributed by atoms with Crippen molar-refractivity contribution in [3.8, 4) is 17.2 Å². The molecule has 3 rings (SSSR count). The standard InChI is InChI=1S/C17H16BrN3O5/c1-24-10-3-4-12(25-2)11(7-10)19-15(22)8-21-16(23)9-26-13-5-6-14(18)20-17(13)21/h3-7H,8-9H2,1-2H3,(H,19,22). The third-order valence-corrected chi connectivity index (χ3v) is 4.14. The Labute approximate surface area is 158 Å². The van der Waals surface area contributed by atoms with Crippen LogP contribution >= 0.6 is 15.9 Å². The summed E-state index contributed by atoms with van der Waals surface area (Å²) in [6.45, 7) is -0.356. The van der Waals surface area contributed by atoms with Gasteiger partial charge in [-0.2, -0.15) is 0 Å². The molecule has 0 atom stereocenters. The largest absolute Gasteiger partial charge is 0.497 e. The Hall–Kier alpha value is -2.81. The predicted octanol–water partition coefficient (Wildman–Crippen LogP) is 2.23. The zero-order valence-electron chi connectivity index (χ0n) is 14.1. The Balaban J connectivity index is 1.81. The van der Waals surface area contributed by atoms with E-state index in [4.69, 9.17) is 14.2 Å². The Bertz CT molecular complexity index is 858. The van der Waals surface area contributed by atoms with Crippen molar-refractivity contribution >= 4 is 39.2 Å². The molecule has 9 heteroatoms. The molecule has 0 aliphatic carbocycles. The van der Waals surface area contributed by atoms with Crippen LogP contribution in [0.2, 0.25) is 0 Å². The quantitative estimate of drug-likeness (QED) is 0.744. The molecule has 1 aliphatic heterocycles. The van der Waals surface area contributed by atoms with E-state index in [9.17, 15) is 9.59 Å². The summed E-state index contributed by atoms with van der Waals surface area (Å²) in [5, 5.41) is 2.73. The molecule has 1 aliphatic rings. The molecule has 0 radical (unpaired) electrons.